The Balaban J connectivity index is 1.52. The van der Waals surface area contributed by atoms with Gasteiger partial charge in [-0.1, -0.05) is 127 Å². The summed E-state index contributed by atoms with van der Waals surface area (Å²) in [7, 11) is 0. The monoisotopic (exact) mass is 466 g/mol. The van der Waals surface area contributed by atoms with Gasteiger partial charge in [0.15, 0.2) is 11.4 Å². The van der Waals surface area contributed by atoms with E-state index in [4.69, 9.17) is 4.74 Å². The van der Waals surface area contributed by atoms with Crippen LogP contribution in [0.15, 0.2) is 152 Å². The smallest absolute Gasteiger partial charge is 0.185 e. The fourth-order valence-electron chi connectivity index (χ4n) is 4.39. The Morgan fingerprint density at radius 1 is 0.528 bits per heavy atom. The largest absolute Gasteiger partial charge is 0.473 e. The van der Waals surface area contributed by atoms with Crippen LogP contribution in [0.1, 0.15) is 32.6 Å². The van der Waals surface area contributed by atoms with Crippen molar-refractivity contribution in [1.82, 2.24) is 0 Å². The topological polar surface area (TPSA) is 26.3 Å². The predicted molar refractivity (Wildman–Crippen MR) is 146 cm³/mol. The molecular weight excluding hydrogens is 440 g/mol. The van der Waals surface area contributed by atoms with E-state index in [0.29, 0.717) is 11.3 Å². The van der Waals surface area contributed by atoms with Gasteiger partial charge in [-0.15, -0.1) is 0 Å². The van der Waals surface area contributed by atoms with Crippen LogP contribution in [0.25, 0.3) is 6.08 Å². The minimum absolute atomic E-state index is 0.0501. The molecule has 0 aliphatic heterocycles. The molecule has 2 nitrogen and oxygen atoms in total. The molecule has 0 aliphatic rings. The molecule has 0 spiro atoms. The lowest BCUT2D eigenvalue weighted by Gasteiger charge is -2.36. The van der Waals surface area contributed by atoms with E-state index in [-0.39, 0.29) is 5.78 Å². The fourth-order valence-corrected chi connectivity index (χ4v) is 4.39. The first-order chi connectivity index (χ1) is 17.8. The van der Waals surface area contributed by atoms with Gasteiger partial charge in [-0.25, -0.2) is 0 Å². The van der Waals surface area contributed by atoms with E-state index in [1.54, 1.807) is 6.08 Å². The van der Waals surface area contributed by atoms with E-state index in [1.165, 1.54) is 0 Å². The molecule has 2 heteroatoms. The van der Waals surface area contributed by atoms with Crippen LogP contribution in [0, 0.1) is 0 Å². The van der Waals surface area contributed by atoms with Gasteiger partial charge in [0.2, 0.25) is 0 Å². The summed E-state index contributed by atoms with van der Waals surface area (Å²) in [5.41, 5.74) is 3.81. The summed E-state index contributed by atoms with van der Waals surface area (Å²) in [6.45, 7) is 0. The molecule has 0 fully saturated rings. The lowest BCUT2D eigenvalue weighted by atomic mass is 9.80. The highest BCUT2D eigenvalue weighted by atomic mass is 16.5. The molecule has 0 unspecified atom stereocenters. The first-order valence-corrected chi connectivity index (χ1v) is 12.0. The Kier molecular flexibility index (Phi) is 6.86. The third-order valence-electron chi connectivity index (χ3n) is 6.18. The highest BCUT2D eigenvalue weighted by Gasteiger charge is 2.38. The summed E-state index contributed by atoms with van der Waals surface area (Å²) >= 11 is 0. The van der Waals surface area contributed by atoms with E-state index >= 15 is 0 Å². The van der Waals surface area contributed by atoms with E-state index in [0.717, 1.165) is 22.3 Å². The third-order valence-corrected chi connectivity index (χ3v) is 6.18. The lowest BCUT2D eigenvalue weighted by molar-refractivity contribution is 0.104. The zero-order valence-electron chi connectivity index (χ0n) is 19.8. The molecule has 5 rings (SSSR count). The van der Waals surface area contributed by atoms with Crippen molar-refractivity contribution in [3.05, 3.63) is 179 Å². The molecule has 0 heterocycles. The third kappa shape index (κ3) is 4.89. The summed E-state index contributed by atoms with van der Waals surface area (Å²) < 4.78 is 6.90. The average molecular weight is 467 g/mol. The molecule has 0 bridgehead atoms. The van der Waals surface area contributed by atoms with Gasteiger partial charge in [-0.05, 0) is 35.9 Å². The Bertz CT molecular complexity index is 1330. The second-order valence-corrected chi connectivity index (χ2v) is 8.51. The minimum atomic E-state index is -0.859. The highest BCUT2D eigenvalue weighted by molar-refractivity contribution is 6.06. The molecule has 0 N–H and O–H groups in total. The molecule has 5 aromatic rings. The number of ketones is 1. The first kappa shape index (κ1) is 23.1. The molecule has 0 atom stereocenters. The Morgan fingerprint density at radius 3 is 1.39 bits per heavy atom. The van der Waals surface area contributed by atoms with Crippen LogP contribution in [0.2, 0.25) is 0 Å². The van der Waals surface area contributed by atoms with Gasteiger partial charge >= 0.3 is 0 Å². The van der Waals surface area contributed by atoms with Gasteiger partial charge in [0.05, 0.1) is 0 Å². The summed E-state index contributed by atoms with van der Waals surface area (Å²) in [5, 5.41) is 0. The number of benzene rings is 5. The molecule has 5 aromatic carbocycles. The quantitative estimate of drug-likeness (QED) is 0.132. The molecule has 0 radical (unpaired) electrons. The van der Waals surface area contributed by atoms with Crippen LogP contribution in [0.5, 0.6) is 5.75 Å². The predicted octanol–water partition coefficient (Wildman–Crippen LogP) is 7.95. The number of allylic oxidation sites excluding steroid dienone is 1. The average Bonchev–Trinajstić information content (AvgIpc) is 2.97. The van der Waals surface area contributed by atoms with Crippen molar-refractivity contribution < 1.29 is 9.53 Å². The molecule has 174 valence electrons. The second kappa shape index (κ2) is 10.7. The number of ether oxygens (including phenoxy) is 1. The van der Waals surface area contributed by atoms with Crippen molar-refractivity contribution in [2.45, 2.75) is 5.60 Å². The molecular formula is C34H26O2. The van der Waals surface area contributed by atoms with Gasteiger partial charge in [0.25, 0.3) is 0 Å². The first-order valence-electron chi connectivity index (χ1n) is 12.0. The van der Waals surface area contributed by atoms with Crippen LogP contribution < -0.4 is 4.74 Å². The van der Waals surface area contributed by atoms with E-state index < -0.39 is 5.60 Å². The van der Waals surface area contributed by atoms with E-state index in [1.807, 2.05) is 115 Å². The van der Waals surface area contributed by atoms with Gasteiger partial charge < -0.3 is 4.74 Å². The van der Waals surface area contributed by atoms with Crippen molar-refractivity contribution in [2.24, 2.45) is 0 Å². The Labute approximate surface area is 212 Å². The van der Waals surface area contributed by atoms with Crippen LogP contribution in [-0.2, 0) is 5.60 Å². The molecule has 0 aliphatic carbocycles. The highest BCUT2D eigenvalue weighted by Crippen LogP contribution is 2.41. The normalized spacial score (nSPS) is 11.3. The zero-order chi connectivity index (χ0) is 24.6. The number of carbonyl (C=O) groups excluding carboxylic acids is 1. The van der Waals surface area contributed by atoms with Crippen LogP contribution in [-0.4, -0.2) is 5.78 Å². The van der Waals surface area contributed by atoms with Crippen LogP contribution in [0.3, 0.4) is 0 Å². The summed E-state index contributed by atoms with van der Waals surface area (Å²) in [6, 6.07) is 47.9. The summed E-state index contributed by atoms with van der Waals surface area (Å²) in [4.78, 5) is 12.8. The second-order valence-electron chi connectivity index (χ2n) is 8.51. The van der Waals surface area contributed by atoms with E-state index in [2.05, 4.69) is 36.4 Å². The number of rotatable bonds is 8. The number of hydrogen-bond acceptors (Lipinski definition) is 2. The van der Waals surface area contributed by atoms with E-state index in [9.17, 15) is 4.79 Å². The van der Waals surface area contributed by atoms with Gasteiger partial charge in [0.1, 0.15) is 5.75 Å². The Hall–Kier alpha value is -4.69. The maximum Gasteiger partial charge on any atom is 0.185 e. The maximum absolute atomic E-state index is 12.8. The minimum Gasteiger partial charge on any atom is -0.473 e. The molecule has 0 saturated carbocycles. The van der Waals surface area contributed by atoms with Crippen molar-refractivity contribution >= 4 is 11.9 Å². The SMILES string of the molecule is O=C(/C=C/c1ccccc1)c1ccc(OC(c2ccccc2)(c2ccccc2)c2ccccc2)cc1. The summed E-state index contributed by atoms with van der Waals surface area (Å²) in [6.07, 6.45) is 3.44. The Morgan fingerprint density at radius 2 is 0.944 bits per heavy atom. The van der Waals surface area contributed by atoms with Gasteiger partial charge in [-0.2, -0.15) is 0 Å². The van der Waals surface area contributed by atoms with Crippen molar-refractivity contribution in [3.8, 4) is 5.75 Å². The van der Waals surface area contributed by atoms with Crippen LogP contribution in [0.4, 0.5) is 0 Å². The molecule has 0 aromatic heterocycles. The molecule has 0 saturated heterocycles. The molecule has 0 amide bonds. The standard InChI is InChI=1S/C34H26O2/c35-33(26-21-27-13-5-1-6-14-27)28-22-24-32(25-23-28)36-34(29-15-7-2-8-16-29,30-17-9-3-10-18-30)31-19-11-4-12-20-31/h1-26H/b26-21+. The maximum atomic E-state index is 12.8. The molecule has 36 heavy (non-hydrogen) atoms. The van der Waals surface area contributed by atoms with Crippen molar-refractivity contribution in [1.29, 1.82) is 0 Å². The number of carbonyl (C=O) groups is 1. The fraction of sp³-hybridized carbons (Fsp3) is 0.0294. The van der Waals surface area contributed by atoms with Crippen molar-refractivity contribution in [3.63, 3.8) is 0 Å². The van der Waals surface area contributed by atoms with Gasteiger partial charge in [-0.3, -0.25) is 4.79 Å². The van der Waals surface area contributed by atoms with Crippen LogP contribution >= 0.6 is 0 Å². The zero-order valence-corrected chi connectivity index (χ0v) is 19.8. The lowest BCUT2D eigenvalue weighted by Crippen LogP contribution is -2.36. The summed E-state index contributed by atoms with van der Waals surface area (Å²) in [5.74, 6) is 0.626. The van der Waals surface area contributed by atoms with Gasteiger partial charge in [0, 0.05) is 22.3 Å². The number of hydrogen-bond donors (Lipinski definition) is 0. The van der Waals surface area contributed by atoms with Crippen molar-refractivity contribution in [2.75, 3.05) is 0 Å².